The minimum Gasteiger partial charge on any atom is -0.478 e. The summed E-state index contributed by atoms with van der Waals surface area (Å²) < 4.78 is 9.60. The number of hydrogen-bond acceptors (Lipinski definition) is 11. The van der Waals surface area contributed by atoms with E-state index in [-0.39, 0.29) is 12.1 Å². The van der Waals surface area contributed by atoms with Gasteiger partial charge in [0, 0.05) is 29.9 Å². The molecule has 1 aliphatic rings. The number of carboxylic acid groups (broad SMARTS) is 4. The molecule has 0 radical (unpaired) electrons. The third-order valence-corrected chi connectivity index (χ3v) is 3.19. The van der Waals surface area contributed by atoms with E-state index in [0.717, 1.165) is 24.3 Å². The number of carboxylic acids is 4. The number of ether oxygens (including phenoxy) is 2. The van der Waals surface area contributed by atoms with Gasteiger partial charge in [-0.3, -0.25) is 0 Å². The first-order valence-corrected chi connectivity index (χ1v) is 10.3. The molecule has 39 heavy (non-hydrogen) atoms. The van der Waals surface area contributed by atoms with E-state index in [4.69, 9.17) is 50.3 Å². The highest BCUT2D eigenvalue weighted by Crippen LogP contribution is 2.12. The van der Waals surface area contributed by atoms with Gasteiger partial charge in [-0.2, -0.15) is 0 Å². The van der Waals surface area contributed by atoms with E-state index in [1.54, 1.807) is 6.92 Å². The fourth-order valence-electron chi connectivity index (χ4n) is 0.756. The minimum atomic E-state index is -1.11. The van der Waals surface area contributed by atoms with E-state index in [1.807, 2.05) is 0 Å². The SMILES string of the molecule is C=C(C)C(=O)OCC1CO1.C=CC(=O)O.C=CC(=O)O.C=CC(=O)O.C=CC(=O)O.OCC(CO)(CO)CO. The van der Waals surface area contributed by atoms with E-state index in [9.17, 15) is 24.0 Å². The maximum absolute atomic E-state index is 10.7. The topological polar surface area (TPSA) is 269 Å². The summed E-state index contributed by atoms with van der Waals surface area (Å²) in [6.07, 6.45) is 3.48. The lowest BCUT2D eigenvalue weighted by atomic mass is 9.93. The molecule has 8 N–H and O–H groups in total. The third-order valence-electron chi connectivity index (χ3n) is 3.19. The number of epoxide rings is 1. The number of carbonyl (C=O) groups excluding carboxylic acids is 1. The first-order chi connectivity index (χ1) is 18.0. The van der Waals surface area contributed by atoms with Crippen molar-refractivity contribution in [3.8, 4) is 0 Å². The second-order valence-electron chi connectivity index (χ2n) is 6.64. The molecule has 1 atom stereocenters. The minimum absolute atomic E-state index is 0.142. The van der Waals surface area contributed by atoms with Crippen LogP contribution in [0.3, 0.4) is 0 Å². The Labute approximate surface area is 225 Å². The van der Waals surface area contributed by atoms with Crippen LogP contribution in [0, 0.1) is 5.41 Å². The van der Waals surface area contributed by atoms with Gasteiger partial charge in [0.05, 0.1) is 38.4 Å². The van der Waals surface area contributed by atoms with Gasteiger partial charge in [-0.25, -0.2) is 24.0 Å². The number of aliphatic carboxylic acids is 4. The highest BCUT2D eigenvalue weighted by atomic mass is 16.6. The van der Waals surface area contributed by atoms with Crippen molar-refractivity contribution in [3.05, 3.63) is 62.8 Å². The molecule has 0 aromatic carbocycles. The Balaban J connectivity index is -0.000000123. The van der Waals surface area contributed by atoms with Crippen LogP contribution < -0.4 is 0 Å². The van der Waals surface area contributed by atoms with Gasteiger partial charge in [0.1, 0.15) is 12.7 Å². The second-order valence-corrected chi connectivity index (χ2v) is 6.64. The van der Waals surface area contributed by atoms with E-state index >= 15 is 0 Å². The summed E-state index contributed by atoms with van der Waals surface area (Å²) >= 11 is 0. The molecule has 1 fully saturated rings. The molecule has 15 nitrogen and oxygen atoms in total. The van der Waals surface area contributed by atoms with Crippen molar-refractivity contribution in [1.29, 1.82) is 0 Å². The van der Waals surface area contributed by atoms with Gasteiger partial charge >= 0.3 is 29.8 Å². The van der Waals surface area contributed by atoms with Crippen LogP contribution in [0.1, 0.15) is 6.92 Å². The molecule has 15 heteroatoms. The molecule has 0 spiro atoms. The highest BCUT2D eigenvalue weighted by Gasteiger charge is 2.26. The van der Waals surface area contributed by atoms with E-state index in [0.29, 0.717) is 18.8 Å². The van der Waals surface area contributed by atoms with Crippen LogP contribution in [0.2, 0.25) is 0 Å². The van der Waals surface area contributed by atoms with Crippen LogP contribution in [0.15, 0.2) is 62.8 Å². The van der Waals surface area contributed by atoms with Gasteiger partial charge in [-0.05, 0) is 6.92 Å². The lowest BCUT2D eigenvalue weighted by Gasteiger charge is -2.23. The predicted octanol–water partition coefficient (Wildman–Crippen LogP) is -0.525. The van der Waals surface area contributed by atoms with E-state index < -0.39 is 55.7 Å². The Morgan fingerprint density at radius 2 is 0.974 bits per heavy atom. The van der Waals surface area contributed by atoms with Crippen molar-refractivity contribution in [1.82, 2.24) is 0 Å². The molecule has 224 valence electrons. The number of esters is 1. The zero-order valence-corrected chi connectivity index (χ0v) is 21.6. The first kappa shape index (κ1) is 44.8. The van der Waals surface area contributed by atoms with Crippen molar-refractivity contribution >= 4 is 29.8 Å². The number of rotatable bonds is 11. The Bertz CT molecular complexity index is 689. The summed E-state index contributed by atoms with van der Waals surface area (Å²) in [4.78, 5) is 47.7. The van der Waals surface area contributed by atoms with E-state index in [2.05, 4.69) is 32.9 Å². The maximum Gasteiger partial charge on any atom is 0.333 e. The Morgan fingerprint density at radius 1 is 0.744 bits per heavy atom. The fourth-order valence-corrected chi connectivity index (χ4v) is 0.756. The largest absolute Gasteiger partial charge is 0.478 e. The van der Waals surface area contributed by atoms with Crippen molar-refractivity contribution in [2.24, 2.45) is 5.41 Å². The lowest BCUT2D eigenvalue weighted by Crippen LogP contribution is -2.37. The molecule has 0 aromatic rings. The lowest BCUT2D eigenvalue weighted by molar-refractivity contribution is -0.139. The number of aliphatic hydroxyl groups is 4. The molecule has 1 rings (SSSR count). The van der Waals surface area contributed by atoms with Crippen LogP contribution in [0.25, 0.3) is 0 Å². The summed E-state index contributed by atoms with van der Waals surface area (Å²) in [5, 5.41) is 64.4. The fraction of sp³-hybridized carbons (Fsp3) is 0.375. The molecule has 0 aliphatic carbocycles. The van der Waals surface area contributed by atoms with Gasteiger partial charge in [-0.1, -0.05) is 32.9 Å². The number of carbonyl (C=O) groups is 5. The summed E-state index contributed by atoms with van der Waals surface area (Å²) in [5.74, 6) is -4.26. The van der Waals surface area contributed by atoms with Gasteiger partial charge in [0.25, 0.3) is 0 Å². The highest BCUT2D eigenvalue weighted by molar-refractivity contribution is 5.86. The smallest absolute Gasteiger partial charge is 0.333 e. The Hall–Kier alpha value is -4.15. The Kier molecular flexibility index (Phi) is 34.6. The standard InChI is InChI=1S/C7H10O3.C5H12O4.4C3H4O2/c1-5(2)7(8)10-4-6-3-9-6;6-1-5(2-7,3-8)4-9;4*1-2-3(4)5/h6H,1,3-4H2,2H3;6-9H,1-4H2;4*2H,1H2,(H,4,5). The van der Waals surface area contributed by atoms with Crippen molar-refractivity contribution in [2.75, 3.05) is 39.6 Å². The molecule has 0 amide bonds. The monoisotopic (exact) mass is 566 g/mol. The number of hydrogen-bond donors (Lipinski definition) is 8. The molecule has 0 aromatic heterocycles. The quantitative estimate of drug-likeness (QED) is 0.0887. The second kappa shape index (κ2) is 30.1. The third kappa shape index (κ3) is 44.3. The van der Waals surface area contributed by atoms with Gasteiger partial charge < -0.3 is 50.3 Å². The van der Waals surface area contributed by atoms with Crippen LogP contribution in [0.5, 0.6) is 0 Å². The molecule has 0 saturated carbocycles. The average molecular weight is 567 g/mol. The van der Waals surface area contributed by atoms with Gasteiger partial charge in [0.2, 0.25) is 0 Å². The summed E-state index contributed by atoms with van der Waals surface area (Å²) in [6, 6.07) is 0. The van der Waals surface area contributed by atoms with Crippen LogP contribution in [-0.4, -0.2) is 116 Å². The summed E-state index contributed by atoms with van der Waals surface area (Å²) in [6.45, 7) is 16.4. The zero-order chi connectivity index (χ0) is 32.0. The van der Waals surface area contributed by atoms with Crippen LogP contribution in [-0.2, 0) is 33.4 Å². The summed E-state index contributed by atoms with van der Waals surface area (Å²) in [5.41, 5.74) is -0.680. The predicted molar refractivity (Wildman–Crippen MR) is 138 cm³/mol. The Morgan fingerprint density at radius 3 is 1.08 bits per heavy atom. The average Bonchev–Trinajstić information content (AvgIpc) is 3.75. The van der Waals surface area contributed by atoms with E-state index in [1.165, 1.54) is 0 Å². The van der Waals surface area contributed by atoms with Crippen molar-refractivity contribution in [2.45, 2.75) is 13.0 Å². The van der Waals surface area contributed by atoms with Crippen LogP contribution in [0.4, 0.5) is 0 Å². The molecular weight excluding hydrogens is 528 g/mol. The van der Waals surface area contributed by atoms with Gasteiger partial charge in [0.15, 0.2) is 0 Å². The van der Waals surface area contributed by atoms with Gasteiger partial charge in [-0.15, -0.1) is 0 Å². The zero-order valence-electron chi connectivity index (χ0n) is 21.6. The first-order valence-electron chi connectivity index (χ1n) is 10.3. The summed E-state index contributed by atoms with van der Waals surface area (Å²) in [7, 11) is 0. The molecule has 1 aliphatic heterocycles. The van der Waals surface area contributed by atoms with Crippen molar-refractivity contribution in [3.63, 3.8) is 0 Å². The number of aliphatic hydroxyl groups excluding tert-OH is 4. The molecule has 1 heterocycles. The maximum atomic E-state index is 10.7. The molecular formula is C24H38O15. The molecule has 1 unspecified atom stereocenters. The molecule has 1 saturated heterocycles. The molecule has 0 bridgehead atoms. The van der Waals surface area contributed by atoms with Crippen LogP contribution >= 0.6 is 0 Å². The normalized spacial score (nSPS) is 11.7. The van der Waals surface area contributed by atoms with Crippen molar-refractivity contribution < 1.29 is 74.3 Å².